The highest BCUT2D eigenvalue weighted by atomic mass is 35.5. The third-order valence-corrected chi connectivity index (χ3v) is 4.02. The van der Waals surface area contributed by atoms with Gasteiger partial charge in [0.25, 0.3) is 0 Å². The molecular weight excluding hydrogens is 286 g/mol. The Kier molecular flexibility index (Phi) is 7.15. The molecule has 4 nitrogen and oxygen atoms in total. The largest absolute Gasteiger partial charge is 0.325 e. The number of halogens is 1. The third kappa shape index (κ3) is 5.30. The number of rotatable bonds is 5. The Bertz CT molecular complexity index is 479. The fourth-order valence-electron chi connectivity index (χ4n) is 2.73. The van der Waals surface area contributed by atoms with Crippen molar-refractivity contribution in [2.24, 2.45) is 5.92 Å². The zero-order valence-electron chi connectivity index (χ0n) is 13.1. The molecule has 1 aliphatic rings. The summed E-state index contributed by atoms with van der Waals surface area (Å²) in [5.74, 6) is 0.757. The Labute approximate surface area is 133 Å². The van der Waals surface area contributed by atoms with Gasteiger partial charge in [-0.1, -0.05) is 6.07 Å². The number of carbonyl (C=O) groups is 1. The van der Waals surface area contributed by atoms with Gasteiger partial charge in [-0.2, -0.15) is 0 Å². The highest BCUT2D eigenvalue weighted by Gasteiger charge is 2.23. The van der Waals surface area contributed by atoms with Gasteiger partial charge in [0.15, 0.2) is 0 Å². The normalized spacial score (nSPS) is 18.3. The van der Waals surface area contributed by atoms with Gasteiger partial charge in [-0.3, -0.25) is 9.69 Å². The second-order valence-corrected chi connectivity index (χ2v) is 5.79. The molecule has 118 valence electrons. The summed E-state index contributed by atoms with van der Waals surface area (Å²) in [5, 5.41) is 6.20. The van der Waals surface area contributed by atoms with Gasteiger partial charge in [-0.15, -0.1) is 12.4 Å². The van der Waals surface area contributed by atoms with Gasteiger partial charge < -0.3 is 10.6 Å². The van der Waals surface area contributed by atoms with Crippen LogP contribution in [0.1, 0.15) is 17.5 Å². The highest BCUT2D eigenvalue weighted by Crippen LogP contribution is 2.16. The van der Waals surface area contributed by atoms with Crippen LogP contribution in [0.15, 0.2) is 18.2 Å². The average Bonchev–Trinajstić information content (AvgIpc) is 2.81. The topological polar surface area (TPSA) is 44.4 Å². The van der Waals surface area contributed by atoms with Gasteiger partial charge in [0.2, 0.25) is 5.91 Å². The first-order valence-electron chi connectivity index (χ1n) is 7.32. The molecule has 1 amide bonds. The van der Waals surface area contributed by atoms with Crippen molar-refractivity contribution in [2.45, 2.75) is 20.3 Å². The minimum Gasteiger partial charge on any atom is -0.325 e. The van der Waals surface area contributed by atoms with Gasteiger partial charge in [0, 0.05) is 12.2 Å². The van der Waals surface area contributed by atoms with Crippen LogP contribution in [0.4, 0.5) is 5.69 Å². The quantitative estimate of drug-likeness (QED) is 0.876. The van der Waals surface area contributed by atoms with Crippen LogP contribution in [0.25, 0.3) is 0 Å². The zero-order valence-corrected chi connectivity index (χ0v) is 13.9. The number of nitrogens with zero attached hydrogens (tertiary/aromatic N) is 1. The van der Waals surface area contributed by atoms with Crippen molar-refractivity contribution in [2.75, 3.05) is 38.5 Å². The Hall–Kier alpha value is -1.10. The van der Waals surface area contributed by atoms with Crippen LogP contribution in [0.5, 0.6) is 0 Å². The lowest BCUT2D eigenvalue weighted by atomic mass is 10.1. The van der Waals surface area contributed by atoms with Crippen molar-refractivity contribution in [3.63, 3.8) is 0 Å². The van der Waals surface area contributed by atoms with E-state index in [1.54, 1.807) is 0 Å². The van der Waals surface area contributed by atoms with Crippen LogP contribution >= 0.6 is 12.4 Å². The van der Waals surface area contributed by atoms with Gasteiger partial charge in [-0.05, 0) is 69.6 Å². The number of benzene rings is 1. The van der Waals surface area contributed by atoms with Gasteiger partial charge in [0.05, 0.1) is 6.54 Å². The Morgan fingerprint density at radius 2 is 2.10 bits per heavy atom. The van der Waals surface area contributed by atoms with Crippen LogP contribution in [0, 0.1) is 19.8 Å². The fourth-order valence-corrected chi connectivity index (χ4v) is 2.73. The molecule has 1 aromatic carbocycles. The zero-order chi connectivity index (χ0) is 14.5. The van der Waals surface area contributed by atoms with Crippen molar-refractivity contribution in [1.29, 1.82) is 0 Å². The van der Waals surface area contributed by atoms with Crippen molar-refractivity contribution < 1.29 is 4.79 Å². The van der Waals surface area contributed by atoms with E-state index >= 15 is 0 Å². The van der Waals surface area contributed by atoms with E-state index < -0.39 is 0 Å². The molecule has 0 radical (unpaired) electrons. The van der Waals surface area contributed by atoms with Gasteiger partial charge in [-0.25, -0.2) is 0 Å². The molecule has 0 spiro atoms. The van der Waals surface area contributed by atoms with E-state index in [1.807, 2.05) is 25.2 Å². The first-order valence-corrected chi connectivity index (χ1v) is 7.32. The average molecular weight is 312 g/mol. The molecule has 1 atom stereocenters. The molecule has 1 fully saturated rings. The Morgan fingerprint density at radius 3 is 2.76 bits per heavy atom. The molecule has 1 saturated heterocycles. The minimum atomic E-state index is 0. The summed E-state index contributed by atoms with van der Waals surface area (Å²) in [6.07, 6.45) is 1.18. The predicted molar refractivity (Wildman–Crippen MR) is 90.3 cm³/mol. The third-order valence-electron chi connectivity index (χ3n) is 4.02. The summed E-state index contributed by atoms with van der Waals surface area (Å²) in [6, 6.07) is 6.04. The van der Waals surface area contributed by atoms with E-state index in [1.165, 1.54) is 17.5 Å². The Morgan fingerprint density at radius 1 is 1.33 bits per heavy atom. The molecule has 21 heavy (non-hydrogen) atoms. The molecule has 1 aromatic rings. The van der Waals surface area contributed by atoms with Crippen molar-refractivity contribution >= 4 is 24.0 Å². The van der Waals surface area contributed by atoms with Crippen LogP contribution in [0.3, 0.4) is 0 Å². The summed E-state index contributed by atoms with van der Waals surface area (Å²) >= 11 is 0. The van der Waals surface area contributed by atoms with Crippen molar-refractivity contribution in [3.8, 4) is 0 Å². The van der Waals surface area contributed by atoms with Crippen LogP contribution < -0.4 is 10.6 Å². The number of aryl methyl sites for hydroxylation is 2. The number of carbonyl (C=O) groups excluding carboxylic acids is 1. The highest BCUT2D eigenvalue weighted by molar-refractivity contribution is 5.92. The molecule has 2 N–H and O–H groups in total. The smallest absolute Gasteiger partial charge is 0.238 e. The summed E-state index contributed by atoms with van der Waals surface area (Å²) in [6.45, 7) is 7.71. The van der Waals surface area contributed by atoms with E-state index in [4.69, 9.17) is 0 Å². The summed E-state index contributed by atoms with van der Waals surface area (Å²) in [5.41, 5.74) is 3.35. The lowest BCUT2D eigenvalue weighted by Gasteiger charge is -2.16. The summed E-state index contributed by atoms with van der Waals surface area (Å²) < 4.78 is 0. The molecule has 5 heteroatoms. The number of hydrogen-bond donors (Lipinski definition) is 2. The first-order chi connectivity index (χ1) is 9.58. The second kappa shape index (κ2) is 8.37. The van der Waals surface area contributed by atoms with E-state index in [9.17, 15) is 4.79 Å². The lowest BCUT2D eigenvalue weighted by molar-refractivity contribution is -0.117. The first kappa shape index (κ1) is 18.0. The lowest BCUT2D eigenvalue weighted by Crippen LogP contribution is -2.32. The number of hydrogen-bond acceptors (Lipinski definition) is 3. The maximum Gasteiger partial charge on any atom is 0.238 e. The van der Waals surface area contributed by atoms with Gasteiger partial charge >= 0.3 is 0 Å². The van der Waals surface area contributed by atoms with Crippen molar-refractivity contribution in [1.82, 2.24) is 10.2 Å². The van der Waals surface area contributed by atoms with Crippen LogP contribution in [-0.4, -0.2) is 44.0 Å². The number of anilines is 1. The predicted octanol–water partition coefficient (Wildman–Crippen LogP) is 2.21. The fraction of sp³-hybridized carbons (Fsp3) is 0.562. The van der Waals surface area contributed by atoms with E-state index in [-0.39, 0.29) is 18.3 Å². The monoisotopic (exact) mass is 311 g/mol. The van der Waals surface area contributed by atoms with E-state index in [2.05, 4.69) is 29.4 Å². The molecule has 0 aromatic heterocycles. The molecule has 2 rings (SSSR count). The van der Waals surface area contributed by atoms with E-state index in [0.717, 1.165) is 25.3 Å². The molecule has 0 bridgehead atoms. The number of amides is 1. The standard InChI is InChI=1S/C16H25N3O.ClH/c1-12-4-5-15(8-13(12)2)18-16(20)11-19-7-6-14(10-19)9-17-3;/h4-5,8,14,17H,6-7,9-11H2,1-3H3,(H,18,20);1H. The van der Waals surface area contributed by atoms with Crippen molar-refractivity contribution in [3.05, 3.63) is 29.3 Å². The maximum absolute atomic E-state index is 12.1. The second-order valence-electron chi connectivity index (χ2n) is 5.79. The van der Waals surface area contributed by atoms with Gasteiger partial charge in [0.1, 0.15) is 0 Å². The van der Waals surface area contributed by atoms with Crippen LogP contribution in [-0.2, 0) is 4.79 Å². The summed E-state index contributed by atoms with van der Waals surface area (Å²) in [4.78, 5) is 14.3. The molecule has 1 aliphatic heterocycles. The maximum atomic E-state index is 12.1. The molecule has 0 saturated carbocycles. The summed E-state index contributed by atoms with van der Waals surface area (Å²) in [7, 11) is 1.98. The minimum absolute atomic E-state index is 0. The van der Waals surface area contributed by atoms with Crippen LogP contribution in [0.2, 0.25) is 0 Å². The molecule has 0 aliphatic carbocycles. The molecule has 1 unspecified atom stereocenters. The molecular formula is C16H26ClN3O. The Balaban J connectivity index is 0.00000220. The SMILES string of the molecule is CNCC1CCN(CC(=O)Nc2ccc(C)c(C)c2)C1.Cl. The molecule has 1 heterocycles. The van der Waals surface area contributed by atoms with E-state index in [0.29, 0.717) is 12.5 Å². The number of likely N-dealkylation sites (tertiary alicyclic amines) is 1. The number of nitrogens with one attached hydrogen (secondary N) is 2.